The molecule has 2 atom stereocenters. The van der Waals surface area contributed by atoms with Crippen LogP contribution in [0.25, 0.3) is 0 Å². The molecule has 25 heavy (non-hydrogen) atoms. The van der Waals surface area contributed by atoms with Crippen molar-refractivity contribution in [3.8, 4) is 0 Å². The lowest BCUT2D eigenvalue weighted by atomic mass is 10.2. The van der Waals surface area contributed by atoms with Crippen molar-refractivity contribution < 1.29 is 19.1 Å². The molecule has 136 valence electrons. The highest BCUT2D eigenvalue weighted by molar-refractivity contribution is 5.72. The Hall–Kier alpha value is -2.24. The van der Waals surface area contributed by atoms with Crippen molar-refractivity contribution in [2.24, 2.45) is 0 Å². The van der Waals surface area contributed by atoms with Crippen molar-refractivity contribution in [2.45, 2.75) is 57.9 Å². The molecule has 1 aromatic carbocycles. The van der Waals surface area contributed by atoms with Crippen LogP contribution in [0.4, 0.5) is 9.59 Å². The summed E-state index contributed by atoms with van der Waals surface area (Å²) in [5.41, 5.74) is 0.452. The number of benzene rings is 1. The van der Waals surface area contributed by atoms with Gasteiger partial charge in [-0.3, -0.25) is 4.90 Å². The van der Waals surface area contributed by atoms with E-state index in [1.165, 1.54) is 0 Å². The minimum Gasteiger partial charge on any atom is -0.445 e. The van der Waals surface area contributed by atoms with Crippen LogP contribution >= 0.6 is 0 Å². The first-order chi connectivity index (χ1) is 11.8. The highest BCUT2D eigenvalue weighted by atomic mass is 16.6. The van der Waals surface area contributed by atoms with E-state index in [0.29, 0.717) is 13.1 Å². The number of ether oxygens (including phenoxy) is 2. The SMILES string of the molecule is CC(C)(C)OC(=O)N1C2CCC1CN(C(=O)OCc1ccccc1)C2. The predicted molar refractivity (Wildman–Crippen MR) is 93.1 cm³/mol. The molecule has 2 unspecified atom stereocenters. The molecule has 2 aliphatic rings. The van der Waals surface area contributed by atoms with Gasteiger partial charge in [-0.25, -0.2) is 9.59 Å². The fourth-order valence-electron chi connectivity index (χ4n) is 3.48. The van der Waals surface area contributed by atoms with Gasteiger partial charge in [-0.15, -0.1) is 0 Å². The van der Waals surface area contributed by atoms with Gasteiger partial charge in [-0.05, 0) is 39.2 Å². The van der Waals surface area contributed by atoms with E-state index in [-0.39, 0.29) is 30.9 Å². The third-order valence-electron chi connectivity index (χ3n) is 4.55. The van der Waals surface area contributed by atoms with Crippen molar-refractivity contribution in [2.75, 3.05) is 13.1 Å². The van der Waals surface area contributed by atoms with Gasteiger partial charge in [-0.1, -0.05) is 30.3 Å². The van der Waals surface area contributed by atoms with Gasteiger partial charge in [0.2, 0.25) is 0 Å². The Kier molecular flexibility index (Phi) is 4.88. The molecule has 2 fully saturated rings. The maximum atomic E-state index is 12.4. The molecule has 0 saturated carbocycles. The monoisotopic (exact) mass is 346 g/mol. The summed E-state index contributed by atoms with van der Waals surface area (Å²) in [5.74, 6) is 0. The molecule has 2 heterocycles. The first kappa shape index (κ1) is 17.6. The maximum absolute atomic E-state index is 12.4. The topological polar surface area (TPSA) is 59.1 Å². The molecule has 0 spiro atoms. The number of fused-ring (bicyclic) bond motifs is 2. The van der Waals surface area contributed by atoms with Crippen LogP contribution in [0.15, 0.2) is 30.3 Å². The van der Waals surface area contributed by atoms with Gasteiger partial charge >= 0.3 is 12.2 Å². The Morgan fingerprint density at radius 3 is 2.20 bits per heavy atom. The summed E-state index contributed by atoms with van der Waals surface area (Å²) in [7, 11) is 0. The van der Waals surface area contributed by atoms with Crippen LogP contribution in [0.3, 0.4) is 0 Å². The Bertz CT molecular complexity index is 612. The second kappa shape index (κ2) is 6.94. The molecule has 0 N–H and O–H groups in total. The molecule has 6 heteroatoms. The second-order valence-corrected chi connectivity index (χ2v) is 7.72. The van der Waals surface area contributed by atoms with E-state index in [9.17, 15) is 9.59 Å². The normalized spacial score (nSPS) is 22.7. The summed E-state index contributed by atoms with van der Waals surface area (Å²) in [6.45, 7) is 6.87. The average Bonchev–Trinajstić information content (AvgIpc) is 2.82. The third kappa shape index (κ3) is 4.24. The maximum Gasteiger partial charge on any atom is 0.410 e. The van der Waals surface area contributed by atoms with Gasteiger partial charge in [-0.2, -0.15) is 0 Å². The van der Waals surface area contributed by atoms with Gasteiger partial charge in [0.05, 0.1) is 12.1 Å². The molecule has 2 saturated heterocycles. The average molecular weight is 346 g/mol. The van der Waals surface area contributed by atoms with Crippen molar-refractivity contribution in [3.05, 3.63) is 35.9 Å². The van der Waals surface area contributed by atoms with E-state index in [2.05, 4.69) is 0 Å². The third-order valence-corrected chi connectivity index (χ3v) is 4.55. The summed E-state index contributed by atoms with van der Waals surface area (Å²) in [4.78, 5) is 28.3. The highest BCUT2D eigenvalue weighted by Crippen LogP contribution is 2.32. The Balaban J connectivity index is 1.56. The van der Waals surface area contributed by atoms with E-state index in [1.54, 1.807) is 4.90 Å². The molecule has 0 aromatic heterocycles. The van der Waals surface area contributed by atoms with E-state index in [4.69, 9.17) is 9.47 Å². The summed E-state index contributed by atoms with van der Waals surface area (Å²) in [6.07, 6.45) is 1.19. The molecule has 1 aromatic rings. The van der Waals surface area contributed by atoms with Crippen LogP contribution in [0, 0.1) is 0 Å². The predicted octanol–water partition coefficient (Wildman–Crippen LogP) is 3.41. The van der Waals surface area contributed by atoms with Crippen molar-refractivity contribution in [3.63, 3.8) is 0 Å². The molecule has 0 radical (unpaired) electrons. The zero-order chi connectivity index (χ0) is 18.0. The Morgan fingerprint density at radius 1 is 1.04 bits per heavy atom. The van der Waals surface area contributed by atoms with Crippen LogP contribution in [-0.4, -0.2) is 52.8 Å². The lowest BCUT2D eigenvalue weighted by molar-refractivity contribution is -0.00597. The van der Waals surface area contributed by atoms with Crippen molar-refractivity contribution >= 4 is 12.2 Å². The standard InChI is InChI=1S/C19H26N2O4/c1-19(2,3)25-18(23)21-15-9-10-16(21)12-20(11-15)17(22)24-13-14-7-5-4-6-8-14/h4-8,15-16H,9-13H2,1-3H3. The number of carbonyl (C=O) groups is 2. The van der Waals surface area contributed by atoms with Crippen LogP contribution in [0.2, 0.25) is 0 Å². The molecule has 2 aliphatic heterocycles. The zero-order valence-corrected chi connectivity index (χ0v) is 15.1. The van der Waals surface area contributed by atoms with Gasteiger partial charge in [0.1, 0.15) is 12.2 Å². The van der Waals surface area contributed by atoms with Crippen LogP contribution in [0.5, 0.6) is 0 Å². The number of hydrogen-bond donors (Lipinski definition) is 0. The summed E-state index contributed by atoms with van der Waals surface area (Å²) in [5, 5.41) is 0. The number of carbonyl (C=O) groups excluding carboxylic acids is 2. The quantitative estimate of drug-likeness (QED) is 0.823. The number of amides is 2. The summed E-state index contributed by atoms with van der Waals surface area (Å²) >= 11 is 0. The number of nitrogens with zero attached hydrogens (tertiary/aromatic N) is 2. The molecular weight excluding hydrogens is 320 g/mol. The lowest BCUT2D eigenvalue weighted by Gasteiger charge is -2.40. The number of piperazine rings is 1. The van der Waals surface area contributed by atoms with E-state index in [1.807, 2.05) is 56.0 Å². The van der Waals surface area contributed by atoms with Gasteiger partial charge < -0.3 is 14.4 Å². The molecule has 3 rings (SSSR count). The first-order valence-corrected chi connectivity index (χ1v) is 8.80. The summed E-state index contributed by atoms with van der Waals surface area (Å²) in [6, 6.07) is 9.65. The number of likely N-dealkylation sites (tertiary alicyclic amines) is 1. The van der Waals surface area contributed by atoms with Gasteiger partial charge in [0.25, 0.3) is 0 Å². The van der Waals surface area contributed by atoms with E-state index < -0.39 is 5.60 Å². The molecule has 2 amide bonds. The second-order valence-electron chi connectivity index (χ2n) is 7.72. The minimum absolute atomic E-state index is 0.0119. The Morgan fingerprint density at radius 2 is 1.64 bits per heavy atom. The number of hydrogen-bond acceptors (Lipinski definition) is 4. The molecule has 2 bridgehead atoms. The van der Waals surface area contributed by atoms with Gasteiger partial charge in [0.15, 0.2) is 0 Å². The fraction of sp³-hybridized carbons (Fsp3) is 0.579. The largest absolute Gasteiger partial charge is 0.445 e. The smallest absolute Gasteiger partial charge is 0.410 e. The summed E-state index contributed by atoms with van der Waals surface area (Å²) < 4.78 is 10.9. The number of rotatable bonds is 2. The van der Waals surface area contributed by atoms with E-state index >= 15 is 0 Å². The van der Waals surface area contributed by atoms with Crippen LogP contribution in [-0.2, 0) is 16.1 Å². The lowest BCUT2D eigenvalue weighted by Crippen LogP contribution is -2.57. The van der Waals surface area contributed by atoms with E-state index in [0.717, 1.165) is 18.4 Å². The first-order valence-electron chi connectivity index (χ1n) is 8.80. The molecule has 0 aliphatic carbocycles. The van der Waals surface area contributed by atoms with Crippen molar-refractivity contribution in [1.29, 1.82) is 0 Å². The molecule has 6 nitrogen and oxygen atoms in total. The zero-order valence-electron chi connectivity index (χ0n) is 15.1. The fourth-order valence-corrected chi connectivity index (χ4v) is 3.48. The van der Waals surface area contributed by atoms with Gasteiger partial charge in [0, 0.05) is 13.1 Å². The van der Waals surface area contributed by atoms with Crippen LogP contribution in [0.1, 0.15) is 39.2 Å². The minimum atomic E-state index is -0.512. The molecular formula is C19H26N2O4. The van der Waals surface area contributed by atoms with Crippen LogP contribution < -0.4 is 0 Å². The van der Waals surface area contributed by atoms with Crippen molar-refractivity contribution in [1.82, 2.24) is 9.80 Å². The Labute approximate surface area is 148 Å². The highest BCUT2D eigenvalue weighted by Gasteiger charge is 2.45.